The van der Waals surface area contributed by atoms with Crippen molar-refractivity contribution in [1.82, 2.24) is 10.2 Å². The normalized spacial score (nSPS) is 23.8. The average molecular weight is 256 g/mol. The van der Waals surface area contributed by atoms with Crippen LogP contribution in [0.3, 0.4) is 0 Å². The molecule has 1 aromatic carbocycles. The van der Waals surface area contributed by atoms with E-state index in [2.05, 4.69) is 34.2 Å². The first-order valence-electron chi connectivity index (χ1n) is 6.96. The van der Waals surface area contributed by atoms with Crippen LogP contribution in [-0.4, -0.2) is 29.3 Å². The molecule has 2 heterocycles. The second kappa shape index (κ2) is 5.13. The Morgan fingerprint density at radius 1 is 1.32 bits per heavy atom. The first-order chi connectivity index (χ1) is 9.29. The molecule has 1 saturated heterocycles. The zero-order valence-electron chi connectivity index (χ0n) is 11.3. The van der Waals surface area contributed by atoms with Crippen LogP contribution in [0.5, 0.6) is 0 Å². The predicted octanol–water partition coefficient (Wildman–Crippen LogP) is 2.19. The third-order valence-electron chi connectivity index (χ3n) is 4.15. The molecule has 4 heteroatoms. The standard InChI is InChI=1S/C15H20N4/c1-11-6-7-12(8-16)10-19(11)15-9-17-18-14-5-3-2-4-13(14)15/h2-5,9,11-12H,6-8,10,16H2,1H3. The molecule has 0 bridgehead atoms. The van der Waals surface area contributed by atoms with Gasteiger partial charge in [-0.3, -0.25) is 0 Å². The van der Waals surface area contributed by atoms with Crippen LogP contribution in [0.25, 0.3) is 10.9 Å². The zero-order valence-corrected chi connectivity index (χ0v) is 11.3. The van der Waals surface area contributed by atoms with Crippen LogP contribution in [0.2, 0.25) is 0 Å². The van der Waals surface area contributed by atoms with Crippen molar-refractivity contribution in [2.24, 2.45) is 11.7 Å². The minimum Gasteiger partial charge on any atom is -0.367 e. The summed E-state index contributed by atoms with van der Waals surface area (Å²) in [5.41, 5.74) is 8.00. The van der Waals surface area contributed by atoms with Gasteiger partial charge in [0.15, 0.2) is 0 Å². The molecule has 4 nitrogen and oxygen atoms in total. The van der Waals surface area contributed by atoms with Crippen molar-refractivity contribution < 1.29 is 0 Å². The molecular weight excluding hydrogens is 236 g/mol. The summed E-state index contributed by atoms with van der Waals surface area (Å²) in [6.07, 6.45) is 4.31. The van der Waals surface area contributed by atoms with Gasteiger partial charge in [-0.1, -0.05) is 18.2 Å². The summed E-state index contributed by atoms with van der Waals surface area (Å²) in [4.78, 5) is 2.44. The van der Waals surface area contributed by atoms with Crippen LogP contribution in [0, 0.1) is 5.92 Å². The van der Waals surface area contributed by atoms with Crippen LogP contribution in [0.15, 0.2) is 30.5 Å². The monoisotopic (exact) mass is 256 g/mol. The van der Waals surface area contributed by atoms with E-state index in [1.807, 2.05) is 18.3 Å². The fourth-order valence-corrected chi connectivity index (χ4v) is 2.93. The van der Waals surface area contributed by atoms with Gasteiger partial charge in [0.05, 0.1) is 17.4 Å². The van der Waals surface area contributed by atoms with E-state index in [0.29, 0.717) is 12.0 Å². The summed E-state index contributed by atoms with van der Waals surface area (Å²) >= 11 is 0. The van der Waals surface area contributed by atoms with Gasteiger partial charge in [0, 0.05) is 18.0 Å². The van der Waals surface area contributed by atoms with Gasteiger partial charge < -0.3 is 10.6 Å². The third-order valence-corrected chi connectivity index (χ3v) is 4.15. The van der Waals surface area contributed by atoms with E-state index in [1.165, 1.54) is 23.9 Å². The lowest BCUT2D eigenvalue weighted by Crippen LogP contribution is -2.44. The molecule has 1 aliphatic heterocycles. The third kappa shape index (κ3) is 2.28. The van der Waals surface area contributed by atoms with Gasteiger partial charge in [-0.2, -0.15) is 10.2 Å². The number of fused-ring (bicyclic) bond motifs is 1. The summed E-state index contributed by atoms with van der Waals surface area (Å²) in [5.74, 6) is 0.586. The average Bonchev–Trinajstić information content (AvgIpc) is 2.47. The highest BCUT2D eigenvalue weighted by Gasteiger charge is 2.26. The Morgan fingerprint density at radius 2 is 2.16 bits per heavy atom. The van der Waals surface area contributed by atoms with Crippen molar-refractivity contribution >= 4 is 16.6 Å². The smallest absolute Gasteiger partial charge is 0.0950 e. The molecule has 2 N–H and O–H groups in total. The first-order valence-corrected chi connectivity index (χ1v) is 6.96. The number of nitrogens with zero attached hydrogens (tertiary/aromatic N) is 3. The van der Waals surface area contributed by atoms with Crippen molar-refractivity contribution in [3.8, 4) is 0 Å². The van der Waals surface area contributed by atoms with Gasteiger partial charge in [-0.15, -0.1) is 0 Å². The molecule has 19 heavy (non-hydrogen) atoms. The molecule has 0 aliphatic carbocycles. The highest BCUT2D eigenvalue weighted by atomic mass is 15.2. The fourth-order valence-electron chi connectivity index (χ4n) is 2.93. The van der Waals surface area contributed by atoms with Gasteiger partial charge in [-0.25, -0.2) is 0 Å². The largest absolute Gasteiger partial charge is 0.367 e. The Hall–Kier alpha value is -1.68. The Kier molecular flexibility index (Phi) is 3.34. The number of anilines is 1. The number of hydrogen-bond donors (Lipinski definition) is 1. The summed E-state index contributed by atoms with van der Waals surface area (Å²) < 4.78 is 0. The highest BCUT2D eigenvalue weighted by molar-refractivity contribution is 5.90. The van der Waals surface area contributed by atoms with Crippen molar-refractivity contribution in [2.45, 2.75) is 25.8 Å². The topological polar surface area (TPSA) is 55.0 Å². The van der Waals surface area contributed by atoms with Crippen molar-refractivity contribution in [3.63, 3.8) is 0 Å². The summed E-state index contributed by atoms with van der Waals surface area (Å²) in [6, 6.07) is 8.74. The molecule has 1 aliphatic rings. The molecule has 100 valence electrons. The maximum Gasteiger partial charge on any atom is 0.0950 e. The van der Waals surface area contributed by atoms with E-state index < -0.39 is 0 Å². The molecule has 0 saturated carbocycles. The molecule has 2 atom stereocenters. The lowest BCUT2D eigenvalue weighted by atomic mass is 9.93. The van der Waals surface area contributed by atoms with Gasteiger partial charge in [-0.05, 0) is 38.3 Å². The Morgan fingerprint density at radius 3 is 3.00 bits per heavy atom. The van der Waals surface area contributed by atoms with Crippen LogP contribution < -0.4 is 10.6 Å². The summed E-state index contributed by atoms with van der Waals surface area (Å²) in [7, 11) is 0. The second-order valence-electron chi connectivity index (χ2n) is 5.43. The van der Waals surface area contributed by atoms with Gasteiger partial charge >= 0.3 is 0 Å². The summed E-state index contributed by atoms with van der Waals surface area (Å²) in [6.45, 7) is 4.06. The number of rotatable bonds is 2. The van der Waals surface area contributed by atoms with E-state index in [-0.39, 0.29) is 0 Å². The van der Waals surface area contributed by atoms with Gasteiger partial charge in [0.1, 0.15) is 0 Å². The van der Waals surface area contributed by atoms with Gasteiger partial charge in [0.2, 0.25) is 0 Å². The van der Waals surface area contributed by atoms with Crippen molar-refractivity contribution in [3.05, 3.63) is 30.5 Å². The molecule has 1 aromatic heterocycles. The maximum atomic E-state index is 5.85. The van der Waals surface area contributed by atoms with Crippen molar-refractivity contribution in [2.75, 3.05) is 18.0 Å². The number of nitrogens with two attached hydrogens (primary N) is 1. The second-order valence-corrected chi connectivity index (χ2v) is 5.43. The lowest BCUT2D eigenvalue weighted by Gasteiger charge is -2.39. The lowest BCUT2D eigenvalue weighted by molar-refractivity contribution is 0.374. The molecule has 0 radical (unpaired) electrons. The minimum absolute atomic E-state index is 0.537. The quantitative estimate of drug-likeness (QED) is 0.895. The Labute approximate surface area is 113 Å². The van der Waals surface area contributed by atoms with Crippen LogP contribution >= 0.6 is 0 Å². The predicted molar refractivity (Wildman–Crippen MR) is 78.1 cm³/mol. The molecule has 1 fully saturated rings. The molecule has 3 rings (SSSR count). The van der Waals surface area contributed by atoms with E-state index in [1.54, 1.807) is 0 Å². The van der Waals surface area contributed by atoms with E-state index in [9.17, 15) is 0 Å². The number of piperidine rings is 1. The van der Waals surface area contributed by atoms with E-state index >= 15 is 0 Å². The number of benzene rings is 1. The first kappa shape index (κ1) is 12.4. The Balaban J connectivity index is 2.02. The molecular formula is C15H20N4. The number of aromatic nitrogens is 2. The van der Waals surface area contributed by atoms with Crippen LogP contribution in [-0.2, 0) is 0 Å². The van der Waals surface area contributed by atoms with E-state index in [0.717, 1.165) is 18.6 Å². The van der Waals surface area contributed by atoms with E-state index in [4.69, 9.17) is 5.73 Å². The fraction of sp³-hybridized carbons (Fsp3) is 0.467. The summed E-state index contributed by atoms with van der Waals surface area (Å²) in [5, 5.41) is 9.53. The van der Waals surface area contributed by atoms with Crippen LogP contribution in [0.4, 0.5) is 5.69 Å². The Bertz CT molecular complexity index is 564. The minimum atomic E-state index is 0.537. The van der Waals surface area contributed by atoms with Crippen molar-refractivity contribution in [1.29, 1.82) is 0 Å². The van der Waals surface area contributed by atoms with Gasteiger partial charge in [0.25, 0.3) is 0 Å². The molecule has 2 aromatic rings. The molecule has 0 spiro atoms. The zero-order chi connectivity index (χ0) is 13.2. The maximum absolute atomic E-state index is 5.85. The molecule has 0 amide bonds. The highest BCUT2D eigenvalue weighted by Crippen LogP contribution is 2.31. The molecule has 2 unspecified atom stereocenters. The van der Waals surface area contributed by atoms with Crippen LogP contribution in [0.1, 0.15) is 19.8 Å². The number of hydrogen-bond acceptors (Lipinski definition) is 4. The SMILES string of the molecule is CC1CCC(CN)CN1c1cnnc2ccccc12.